The molecule has 1 aromatic carbocycles. The van der Waals surface area contributed by atoms with Crippen molar-refractivity contribution in [3.63, 3.8) is 0 Å². The SMILES string of the molecule is CCOC(=O)C1(CC)OC1(CC)c1ccc(F)cc1. The highest BCUT2D eigenvalue weighted by Gasteiger charge is 2.74. The first kappa shape index (κ1) is 14.0. The van der Waals surface area contributed by atoms with Crippen molar-refractivity contribution in [3.8, 4) is 0 Å². The fraction of sp³-hybridized carbons (Fsp3) is 0.533. The number of halogens is 1. The molecule has 2 unspecified atom stereocenters. The second-order valence-electron chi connectivity index (χ2n) is 4.69. The number of hydrogen-bond acceptors (Lipinski definition) is 3. The normalized spacial score (nSPS) is 29.1. The van der Waals surface area contributed by atoms with E-state index < -0.39 is 11.2 Å². The van der Waals surface area contributed by atoms with Gasteiger partial charge in [-0.1, -0.05) is 26.0 Å². The molecule has 0 amide bonds. The molecule has 1 aromatic rings. The summed E-state index contributed by atoms with van der Waals surface area (Å²) in [5.74, 6) is -0.627. The second kappa shape index (κ2) is 4.93. The zero-order chi connectivity index (χ0) is 14.1. The van der Waals surface area contributed by atoms with Crippen LogP contribution in [0.2, 0.25) is 0 Å². The van der Waals surface area contributed by atoms with Crippen LogP contribution in [0.1, 0.15) is 39.2 Å². The van der Waals surface area contributed by atoms with Crippen LogP contribution in [0.3, 0.4) is 0 Å². The molecule has 0 aliphatic carbocycles. The third kappa shape index (κ3) is 1.94. The zero-order valence-electron chi connectivity index (χ0n) is 11.5. The van der Waals surface area contributed by atoms with Crippen LogP contribution >= 0.6 is 0 Å². The first-order chi connectivity index (χ1) is 9.06. The topological polar surface area (TPSA) is 38.8 Å². The van der Waals surface area contributed by atoms with Crippen LogP contribution in [0.5, 0.6) is 0 Å². The summed E-state index contributed by atoms with van der Waals surface area (Å²) in [6, 6.07) is 6.13. The lowest BCUT2D eigenvalue weighted by atomic mass is 9.82. The third-order valence-corrected chi connectivity index (χ3v) is 3.87. The molecule has 1 aliphatic heterocycles. The van der Waals surface area contributed by atoms with Crippen LogP contribution in [0.15, 0.2) is 24.3 Å². The van der Waals surface area contributed by atoms with Crippen LogP contribution in [-0.4, -0.2) is 18.2 Å². The molecule has 4 heteroatoms. The molecule has 0 aromatic heterocycles. The lowest BCUT2D eigenvalue weighted by molar-refractivity contribution is -0.149. The summed E-state index contributed by atoms with van der Waals surface area (Å²) in [5.41, 5.74) is -0.775. The van der Waals surface area contributed by atoms with Gasteiger partial charge in [-0.2, -0.15) is 0 Å². The molecule has 2 atom stereocenters. The predicted molar refractivity (Wildman–Crippen MR) is 69.1 cm³/mol. The van der Waals surface area contributed by atoms with Crippen molar-refractivity contribution < 1.29 is 18.7 Å². The number of carbonyl (C=O) groups is 1. The molecule has 1 heterocycles. The number of rotatable bonds is 5. The van der Waals surface area contributed by atoms with Gasteiger partial charge in [0.05, 0.1) is 6.61 Å². The number of esters is 1. The number of carbonyl (C=O) groups excluding carboxylic acids is 1. The molecule has 0 spiro atoms. The Kier molecular flexibility index (Phi) is 3.63. The summed E-state index contributed by atoms with van der Waals surface area (Å²) < 4.78 is 24.0. The van der Waals surface area contributed by atoms with Crippen LogP contribution in [0.25, 0.3) is 0 Å². The quantitative estimate of drug-likeness (QED) is 0.607. The molecule has 0 N–H and O–H groups in total. The van der Waals surface area contributed by atoms with Gasteiger partial charge in [-0.05, 0) is 37.5 Å². The molecule has 0 radical (unpaired) electrons. The Morgan fingerprint density at radius 2 is 1.84 bits per heavy atom. The van der Waals surface area contributed by atoms with E-state index in [-0.39, 0.29) is 11.8 Å². The second-order valence-corrected chi connectivity index (χ2v) is 4.69. The number of epoxide rings is 1. The van der Waals surface area contributed by atoms with Crippen molar-refractivity contribution in [2.24, 2.45) is 0 Å². The molecule has 0 bridgehead atoms. The van der Waals surface area contributed by atoms with Crippen molar-refractivity contribution in [2.75, 3.05) is 6.61 Å². The largest absolute Gasteiger partial charge is 0.464 e. The Hall–Kier alpha value is -1.42. The Bertz CT molecular complexity index is 471. The number of benzene rings is 1. The van der Waals surface area contributed by atoms with Gasteiger partial charge in [-0.3, -0.25) is 0 Å². The first-order valence-corrected chi connectivity index (χ1v) is 6.69. The molecule has 1 fully saturated rings. The van der Waals surface area contributed by atoms with E-state index in [0.29, 0.717) is 19.4 Å². The lowest BCUT2D eigenvalue weighted by Crippen LogP contribution is -2.34. The van der Waals surface area contributed by atoms with E-state index >= 15 is 0 Å². The molecule has 0 saturated carbocycles. The summed E-state index contributed by atoms with van der Waals surface area (Å²) in [5, 5.41) is 0. The Balaban J connectivity index is 2.36. The van der Waals surface area contributed by atoms with Crippen LogP contribution in [-0.2, 0) is 19.9 Å². The maximum absolute atomic E-state index is 13.0. The smallest absolute Gasteiger partial charge is 0.341 e. The predicted octanol–water partition coefficient (Wildman–Crippen LogP) is 3.17. The van der Waals surface area contributed by atoms with Crippen molar-refractivity contribution in [2.45, 2.75) is 44.8 Å². The van der Waals surface area contributed by atoms with Gasteiger partial charge in [0.1, 0.15) is 11.4 Å². The van der Waals surface area contributed by atoms with Crippen LogP contribution in [0, 0.1) is 5.82 Å². The van der Waals surface area contributed by atoms with Crippen LogP contribution < -0.4 is 0 Å². The number of ether oxygens (including phenoxy) is 2. The summed E-state index contributed by atoms with van der Waals surface area (Å²) in [6.45, 7) is 5.96. The maximum atomic E-state index is 13.0. The highest BCUT2D eigenvalue weighted by Crippen LogP contribution is 2.60. The fourth-order valence-corrected chi connectivity index (χ4v) is 2.80. The molecule has 104 valence electrons. The third-order valence-electron chi connectivity index (χ3n) is 3.87. The highest BCUT2D eigenvalue weighted by molar-refractivity contribution is 5.85. The first-order valence-electron chi connectivity index (χ1n) is 6.69. The molecular weight excluding hydrogens is 247 g/mol. The molecule has 1 aliphatic rings. The van der Waals surface area contributed by atoms with E-state index in [2.05, 4.69) is 0 Å². The summed E-state index contributed by atoms with van der Waals surface area (Å²) in [4.78, 5) is 12.2. The maximum Gasteiger partial charge on any atom is 0.341 e. The van der Waals surface area contributed by atoms with Crippen molar-refractivity contribution in [1.82, 2.24) is 0 Å². The number of hydrogen-bond donors (Lipinski definition) is 0. The monoisotopic (exact) mass is 266 g/mol. The fourth-order valence-electron chi connectivity index (χ4n) is 2.80. The average Bonchev–Trinajstić information content (AvgIpc) is 3.11. The van der Waals surface area contributed by atoms with Crippen molar-refractivity contribution >= 4 is 5.97 Å². The van der Waals surface area contributed by atoms with Gasteiger partial charge in [0.25, 0.3) is 0 Å². The minimum atomic E-state index is -0.921. The van der Waals surface area contributed by atoms with Crippen molar-refractivity contribution in [1.29, 1.82) is 0 Å². The van der Waals surface area contributed by atoms with E-state index in [1.54, 1.807) is 19.1 Å². The summed E-state index contributed by atoms with van der Waals surface area (Å²) in [7, 11) is 0. The zero-order valence-corrected chi connectivity index (χ0v) is 11.5. The molecule has 19 heavy (non-hydrogen) atoms. The van der Waals surface area contributed by atoms with Gasteiger partial charge in [0, 0.05) is 0 Å². The van der Waals surface area contributed by atoms with Crippen molar-refractivity contribution in [3.05, 3.63) is 35.6 Å². The van der Waals surface area contributed by atoms with Gasteiger partial charge in [0.15, 0.2) is 5.60 Å². The van der Waals surface area contributed by atoms with Gasteiger partial charge >= 0.3 is 5.97 Å². The molecule has 1 saturated heterocycles. The van der Waals surface area contributed by atoms with E-state index in [4.69, 9.17) is 9.47 Å². The van der Waals surface area contributed by atoms with Gasteiger partial charge in [-0.15, -0.1) is 0 Å². The van der Waals surface area contributed by atoms with Gasteiger partial charge in [-0.25, -0.2) is 9.18 Å². The minimum absolute atomic E-state index is 0.297. The van der Waals surface area contributed by atoms with E-state index in [9.17, 15) is 9.18 Å². The lowest BCUT2D eigenvalue weighted by Gasteiger charge is -2.17. The molecular formula is C15H19FO3. The van der Waals surface area contributed by atoms with Gasteiger partial charge < -0.3 is 9.47 Å². The Labute approximate surface area is 112 Å². The molecule has 2 rings (SSSR count). The average molecular weight is 266 g/mol. The summed E-state index contributed by atoms with van der Waals surface area (Å²) >= 11 is 0. The molecule has 3 nitrogen and oxygen atoms in total. The van der Waals surface area contributed by atoms with Crippen LogP contribution in [0.4, 0.5) is 4.39 Å². The van der Waals surface area contributed by atoms with E-state index in [0.717, 1.165) is 5.56 Å². The van der Waals surface area contributed by atoms with Gasteiger partial charge in [0.2, 0.25) is 0 Å². The van der Waals surface area contributed by atoms with E-state index in [1.165, 1.54) is 12.1 Å². The Morgan fingerprint density at radius 1 is 1.21 bits per heavy atom. The standard InChI is InChI=1S/C15H19FO3/c1-4-14(11-7-9-12(16)10-8-11)15(5-2,19-14)13(17)18-6-3/h7-10H,4-6H2,1-3H3. The summed E-state index contributed by atoms with van der Waals surface area (Å²) in [6.07, 6.45) is 1.18. The van der Waals surface area contributed by atoms with E-state index in [1.807, 2.05) is 13.8 Å². The minimum Gasteiger partial charge on any atom is -0.464 e. The highest BCUT2D eigenvalue weighted by atomic mass is 19.1. The Morgan fingerprint density at radius 3 is 2.32 bits per heavy atom.